The number of fused-ring (bicyclic) bond motifs is 1. The number of aromatic nitrogens is 2. The van der Waals surface area contributed by atoms with E-state index in [1.807, 2.05) is 42.5 Å². The lowest BCUT2D eigenvalue weighted by atomic mass is 10.0. The highest BCUT2D eigenvalue weighted by atomic mass is 35.5. The number of furan rings is 1. The van der Waals surface area contributed by atoms with E-state index in [9.17, 15) is 9.90 Å². The fraction of sp³-hybridized carbons (Fsp3) is 0.174. The number of hydrogen-bond donors (Lipinski definition) is 1. The Morgan fingerprint density at radius 1 is 1.13 bits per heavy atom. The molecule has 0 aliphatic carbocycles. The molecule has 0 radical (unpaired) electrons. The summed E-state index contributed by atoms with van der Waals surface area (Å²) in [5.41, 5.74) is 3.20. The van der Waals surface area contributed by atoms with E-state index in [1.165, 1.54) is 5.01 Å². The van der Waals surface area contributed by atoms with E-state index in [1.54, 1.807) is 29.0 Å². The van der Waals surface area contributed by atoms with Crippen molar-refractivity contribution in [3.8, 4) is 0 Å². The zero-order valence-electron chi connectivity index (χ0n) is 16.5. The molecule has 1 amide bonds. The lowest BCUT2D eigenvalue weighted by Crippen LogP contribution is -2.30. The van der Waals surface area contributed by atoms with Crippen molar-refractivity contribution in [1.82, 2.24) is 14.6 Å². The van der Waals surface area contributed by atoms with Crippen LogP contribution in [0.4, 0.5) is 0 Å². The summed E-state index contributed by atoms with van der Waals surface area (Å²) < 4.78 is 7.33. The van der Waals surface area contributed by atoms with Crippen LogP contribution in [0.1, 0.15) is 29.6 Å². The van der Waals surface area contributed by atoms with Crippen molar-refractivity contribution < 1.29 is 14.3 Å². The molecule has 3 heterocycles. The molecule has 5 rings (SSSR count). The molecule has 4 aromatic rings. The van der Waals surface area contributed by atoms with Gasteiger partial charge in [0.2, 0.25) is 0 Å². The molecule has 1 aliphatic heterocycles. The molecule has 2 aromatic carbocycles. The fourth-order valence-electron chi connectivity index (χ4n) is 3.89. The normalized spacial score (nSPS) is 16.1. The highest BCUT2D eigenvalue weighted by Crippen LogP contribution is 2.33. The minimum atomic E-state index is -0.347. The van der Waals surface area contributed by atoms with Gasteiger partial charge in [0.15, 0.2) is 0 Å². The van der Waals surface area contributed by atoms with Gasteiger partial charge in [0.1, 0.15) is 30.8 Å². The van der Waals surface area contributed by atoms with Gasteiger partial charge in [-0.1, -0.05) is 35.9 Å². The maximum Gasteiger partial charge on any atom is 0.263 e. The van der Waals surface area contributed by atoms with Crippen LogP contribution < -0.4 is 0 Å². The third-order valence-electron chi connectivity index (χ3n) is 5.38. The number of imidazole rings is 1. The van der Waals surface area contributed by atoms with Crippen molar-refractivity contribution in [3.05, 3.63) is 89.1 Å². The van der Waals surface area contributed by atoms with Gasteiger partial charge in [0.05, 0.1) is 23.0 Å². The van der Waals surface area contributed by atoms with Gasteiger partial charge in [-0.15, -0.1) is 0 Å². The largest absolute Gasteiger partial charge is 0.467 e. The van der Waals surface area contributed by atoms with Crippen LogP contribution in [0.15, 0.2) is 76.4 Å². The summed E-state index contributed by atoms with van der Waals surface area (Å²) in [6.07, 6.45) is 2.12. The molecule has 0 saturated carbocycles. The molecule has 1 atom stereocenters. The summed E-state index contributed by atoms with van der Waals surface area (Å²) in [5, 5.41) is 16.5. The van der Waals surface area contributed by atoms with Gasteiger partial charge in [-0.05, 0) is 42.0 Å². The molecule has 0 saturated heterocycles. The number of carbonyl (C=O) groups is 1. The van der Waals surface area contributed by atoms with Gasteiger partial charge in [-0.3, -0.25) is 4.79 Å². The van der Waals surface area contributed by atoms with E-state index in [0.717, 1.165) is 22.3 Å². The molecule has 156 valence electrons. The Labute approximate surface area is 183 Å². The van der Waals surface area contributed by atoms with Crippen LogP contribution in [0.25, 0.3) is 11.0 Å². The van der Waals surface area contributed by atoms with Gasteiger partial charge in [0.25, 0.3) is 5.91 Å². The average molecular weight is 435 g/mol. The van der Waals surface area contributed by atoms with Gasteiger partial charge >= 0.3 is 0 Å². The number of aliphatic hydroxyl groups excluding tert-OH is 1. The first-order valence-electron chi connectivity index (χ1n) is 9.88. The molecule has 0 spiro atoms. The van der Waals surface area contributed by atoms with E-state index in [4.69, 9.17) is 16.0 Å². The number of rotatable bonds is 5. The second-order valence-electron chi connectivity index (χ2n) is 7.29. The van der Waals surface area contributed by atoms with Crippen molar-refractivity contribution in [2.24, 2.45) is 5.10 Å². The van der Waals surface area contributed by atoms with Crippen LogP contribution in [-0.4, -0.2) is 31.3 Å². The Morgan fingerprint density at radius 2 is 1.94 bits per heavy atom. The van der Waals surface area contributed by atoms with Gasteiger partial charge in [0, 0.05) is 11.4 Å². The molecule has 0 unspecified atom stereocenters. The summed E-state index contributed by atoms with van der Waals surface area (Å²) in [5.74, 6) is 0.882. The van der Waals surface area contributed by atoms with Crippen molar-refractivity contribution in [2.45, 2.75) is 25.6 Å². The quantitative estimate of drug-likeness (QED) is 0.511. The number of amides is 1. The number of hydrogen-bond acceptors (Lipinski definition) is 5. The second-order valence-corrected chi connectivity index (χ2v) is 7.72. The number of aliphatic hydroxyl groups is 1. The first-order chi connectivity index (χ1) is 15.1. The second kappa shape index (κ2) is 8.02. The lowest BCUT2D eigenvalue weighted by molar-refractivity contribution is -0.134. The maximum atomic E-state index is 13.4. The van der Waals surface area contributed by atoms with Crippen molar-refractivity contribution >= 4 is 34.3 Å². The third kappa shape index (κ3) is 3.62. The van der Waals surface area contributed by atoms with Gasteiger partial charge in [-0.25, -0.2) is 9.99 Å². The zero-order chi connectivity index (χ0) is 21.4. The lowest BCUT2D eigenvalue weighted by Gasteiger charge is -2.20. The van der Waals surface area contributed by atoms with E-state index >= 15 is 0 Å². The Bertz CT molecular complexity index is 1260. The Balaban J connectivity index is 1.50. The molecule has 2 aromatic heterocycles. The Hall–Kier alpha value is -3.42. The monoisotopic (exact) mass is 434 g/mol. The summed E-state index contributed by atoms with van der Waals surface area (Å²) in [4.78, 5) is 17.8. The van der Waals surface area contributed by atoms with Gasteiger partial charge < -0.3 is 14.1 Å². The molecular formula is C23H19ClN4O3. The molecule has 8 heteroatoms. The number of benzene rings is 2. The minimum absolute atomic E-state index is 0.00497. The van der Waals surface area contributed by atoms with E-state index in [0.29, 0.717) is 23.0 Å². The summed E-state index contributed by atoms with van der Waals surface area (Å²) in [7, 11) is 0. The van der Waals surface area contributed by atoms with E-state index in [-0.39, 0.29) is 25.1 Å². The van der Waals surface area contributed by atoms with Crippen molar-refractivity contribution in [3.63, 3.8) is 0 Å². The van der Waals surface area contributed by atoms with Crippen LogP contribution in [0.3, 0.4) is 0 Å². The zero-order valence-corrected chi connectivity index (χ0v) is 17.2. The molecule has 31 heavy (non-hydrogen) atoms. The molecular weight excluding hydrogens is 416 g/mol. The average Bonchev–Trinajstić information content (AvgIpc) is 3.53. The van der Waals surface area contributed by atoms with Crippen LogP contribution in [0, 0.1) is 0 Å². The maximum absolute atomic E-state index is 13.4. The highest BCUT2D eigenvalue weighted by Gasteiger charge is 2.35. The summed E-state index contributed by atoms with van der Waals surface area (Å²) in [6, 6.07) is 18.2. The van der Waals surface area contributed by atoms with Crippen molar-refractivity contribution in [2.75, 3.05) is 0 Å². The van der Waals surface area contributed by atoms with Gasteiger partial charge in [-0.2, -0.15) is 5.10 Å². The number of para-hydroxylation sites is 2. The fourth-order valence-corrected chi connectivity index (χ4v) is 4.02. The number of halogens is 1. The molecule has 7 nitrogen and oxygen atoms in total. The predicted octanol–water partition coefficient (Wildman–Crippen LogP) is 4.15. The number of nitrogens with zero attached hydrogens (tertiary/aromatic N) is 4. The summed E-state index contributed by atoms with van der Waals surface area (Å²) >= 11 is 6.01. The number of carbonyl (C=O) groups excluding carboxylic acids is 1. The first kappa shape index (κ1) is 19.5. The van der Waals surface area contributed by atoms with Crippen LogP contribution >= 0.6 is 11.6 Å². The molecule has 1 aliphatic rings. The van der Waals surface area contributed by atoms with Crippen molar-refractivity contribution in [1.29, 1.82) is 0 Å². The molecule has 0 fully saturated rings. The molecule has 0 bridgehead atoms. The third-order valence-corrected chi connectivity index (χ3v) is 5.64. The van der Waals surface area contributed by atoms with Crippen LogP contribution in [0.2, 0.25) is 5.02 Å². The molecule has 1 N–H and O–H groups in total. The Morgan fingerprint density at radius 3 is 2.68 bits per heavy atom. The highest BCUT2D eigenvalue weighted by molar-refractivity contribution is 6.30. The SMILES string of the molecule is O=C(Cn1c(CO)nc2ccccc21)N1N=C(c2ccc(Cl)cc2)C[C@@H]1c1ccco1. The number of hydrazone groups is 1. The first-order valence-corrected chi connectivity index (χ1v) is 10.3. The van der Waals surface area contributed by atoms with E-state index < -0.39 is 0 Å². The van der Waals surface area contributed by atoms with E-state index in [2.05, 4.69) is 10.1 Å². The smallest absolute Gasteiger partial charge is 0.263 e. The predicted molar refractivity (Wildman–Crippen MR) is 117 cm³/mol. The standard InChI is InChI=1S/C23H19ClN4O3/c24-16-9-7-15(8-10-16)18-12-20(21-6-3-11-31-21)28(26-18)23(30)13-27-19-5-2-1-4-17(19)25-22(27)14-29/h1-11,20,29H,12-14H2/t20-/m1/s1. The van der Waals surface area contributed by atoms with Crippen LogP contribution in [-0.2, 0) is 17.9 Å². The van der Waals surface area contributed by atoms with Crippen LogP contribution in [0.5, 0.6) is 0 Å². The minimum Gasteiger partial charge on any atom is -0.467 e. The summed E-state index contributed by atoms with van der Waals surface area (Å²) in [6.45, 7) is -0.256. The Kier molecular flexibility index (Phi) is 5.05. The topological polar surface area (TPSA) is 83.9 Å².